The Hall–Kier alpha value is -1.51. The first-order chi connectivity index (χ1) is 5.27. The molecule has 56 valence electrons. The molecule has 0 aliphatic rings. The molecule has 0 fully saturated rings. The second-order valence-electron chi connectivity index (χ2n) is 2.59. The van der Waals surface area contributed by atoms with Crippen LogP contribution >= 0.6 is 0 Å². The van der Waals surface area contributed by atoms with Gasteiger partial charge in [-0.2, -0.15) is 0 Å². The van der Waals surface area contributed by atoms with Crippen LogP contribution in [0.2, 0.25) is 0 Å². The maximum absolute atomic E-state index is 11.1. The molecule has 0 saturated heterocycles. The van der Waals surface area contributed by atoms with Gasteiger partial charge < -0.3 is 9.97 Å². The first kappa shape index (κ1) is 6.22. The van der Waals surface area contributed by atoms with Gasteiger partial charge in [-0.3, -0.25) is 4.79 Å². The van der Waals surface area contributed by atoms with Crippen molar-refractivity contribution in [1.29, 1.82) is 0 Å². The van der Waals surface area contributed by atoms with Crippen LogP contribution in [0.15, 0.2) is 23.1 Å². The van der Waals surface area contributed by atoms with Crippen molar-refractivity contribution in [3.8, 4) is 0 Å². The summed E-state index contributed by atoms with van der Waals surface area (Å²) in [5.74, 6) is 0. The molecule has 3 nitrogen and oxygen atoms in total. The Morgan fingerprint density at radius 2 is 2.27 bits per heavy atom. The van der Waals surface area contributed by atoms with E-state index < -0.39 is 0 Å². The maximum Gasteiger partial charge on any atom is 0.272 e. The largest absolute Gasteiger partial charge is 0.354 e. The Balaban J connectivity index is 3.02. The number of rotatable bonds is 0. The zero-order valence-corrected chi connectivity index (χ0v) is 6.14. The number of hydrogen-bond acceptors (Lipinski definition) is 1. The predicted molar refractivity (Wildman–Crippen MR) is 43.7 cm³/mol. The fourth-order valence-electron chi connectivity index (χ4n) is 1.21. The van der Waals surface area contributed by atoms with E-state index in [1.165, 1.54) is 0 Å². The van der Waals surface area contributed by atoms with Crippen LogP contribution in [-0.2, 0) is 0 Å². The predicted octanol–water partition coefficient (Wildman–Crippen LogP) is 1.16. The maximum atomic E-state index is 11.1. The molecule has 2 aromatic heterocycles. The third-order valence-electron chi connectivity index (χ3n) is 1.69. The average molecular weight is 148 g/mol. The van der Waals surface area contributed by atoms with Crippen molar-refractivity contribution < 1.29 is 0 Å². The second kappa shape index (κ2) is 1.99. The molecule has 0 aliphatic heterocycles. The van der Waals surface area contributed by atoms with Crippen molar-refractivity contribution in [2.45, 2.75) is 6.92 Å². The van der Waals surface area contributed by atoms with E-state index in [0.29, 0.717) is 5.52 Å². The molecule has 0 aromatic carbocycles. The summed E-state index contributed by atoms with van der Waals surface area (Å²) in [7, 11) is 0. The Morgan fingerprint density at radius 1 is 1.45 bits per heavy atom. The zero-order chi connectivity index (χ0) is 7.84. The summed E-state index contributed by atoms with van der Waals surface area (Å²) in [6.45, 7) is 1.93. The highest BCUT2D eigenvalue weighted by Crippen LogP contribution is 2.08. The van der Waals surface area contributed by atoms with Gasteiger partial charge in [0.2, 0.25) is 0 Å². The second-order valence-corrected chi connectivity index (χ2v) is 2.59. The molecule has 0 unspecified atom stereocenters. The van der Waals surface area contributed by atoms with Crippen molar-refractivity contribution in [1.82, 2.24) is 9.97 Å². The molecular formula is C8H8N2O. The number of H-pyrrole nitrogens is 2. The van der Waals surface area contributed by atoms with E-state index in [1.54, 1.807) is 6.20 Å². The van der Waals surface area contributed by atoms with E-state index in [0.717, 1.165) is 11.1 Å². The van der Waals surface area contributed by atoms with Crippen molar-refractivity contribution in [3.63, 3.8) is 0 Å². The van der Waals surface area contributed by atoms with Gasteiger partial charge in [0.15, 0.2) is 0 Å². The topological polar surface area (TPSA) is 48.6 Å². The van der Waals surface area contributed by atoms with Crippen LogP contribution in [0.4, 0.5) is 0 Å². The van der Waals surface area contributed by atoms with E-state index in [4.69, 9.17) is 0 Å². The van der Waals surface area contributed by atoms with Gasteiger partial charge in [0.1, 0.15) is 5.52 Å². The fraction of sp³-hybridized carbons (Fsp3) is 0.125. The van der Waals surface area contributed by atoms with Gasteiger partial charge in [-0.1, -0.05) is 0 Å². The minimum Gasteiger partial charge on any atom is -0.354 e. The molecule has 0 spiro atoms. The number of hydrogen-bond donors (Lipinski definition) is 2. The van der Waals surface area contributed by atoms with Crippen molar-refractivity contribution in [3.05, 3.63) is 34.4 Å². The minimum atomic E-state index is -0.0596. The Morgan fingerprint density at radius 3 is 3.00 bits per heavy atom. The number of aromatic nitrogens is 2. The molecule has 11 heavy (non-hydrogen) atoms. The first-order valence-corrected chi connectivity index (χ1v) is 3.44. The summed E-state index contributed by atoms with van der Waals surface area (Å²) < 4.78 is 0. The molecule has 0 aliphatic carbocycles. The molecule has 0 radical (unpaired) electrons. The standard InChI is InChI=1S/C8H8N2O/c1-5-4-6-2-3-9-8(11)7(6)10-5/h2-4,10H,1H3,(H,9,11). The Labute approximate surface area is 63.1 Å². The molecule has 2 N–H and O–H groups in total. The van der Waals surface area contributed by atoms with E-state index in [-0.39, 0.29) is 5.56 Å². The number of aryl methyl sites for hydroxylation is 1. The zero-order valence-electron chi connectivity index (χ0n) is 6.14. The molecule has 0 saturated carbocycles. The van der Waals surface area contributed by atoms with E-state index in [2.05, 4.69) is 9.97 Å². The third-order valence-corrected chi connectivity index (χ3v) is 1.69. The van der Waals surface area contributed by atoms with Gasteiger partial charge in [0.25, 0.3) is 5.56 Å². The molecule has 2 aromatic rings. The van der Waals surface area contributed by atoms with Gasteiger partial charge >= 0.3 is 0 Å². The molecule has 0 atom stereocenters. The summed E-state index contributed by atoms with van der Waals surface area (Å²) in [4.78, 5) is 16.7. The van der Waals surface area contributed by atoms with Gasteiger partial charge in [0.05, 0.1) is 0 Å². The lowest BCUT2D eigenvalue weighted by Crippen LogP contribution is -2.03. The van der Waals surface area contributed by atoms with Crippen LogP contribution in [0, 0.1) is 6.92 Å². The van der Waals surface area contributed by atoms with Crippen molar-refractivity contribution in [2.24, 2.45) is 0 Å². The first-order valence-electron chi connectivity index (χ1n) is 3.44. The van der Waals surface area contributed by atoms with Crippen molar-refractivity contribution >= 4 is 10.9 Å². The molecule has 0 amide bonds. The highest BCUT2D eigenvalue weighted by atomic mass is 16.1. The monoisotopic (exact) mass is 148 g/mol. The fourth-order valence-corrected chi connectivity index (χ4v) is 1.21. The molecule has 2 heterocycles. The van der Waals surface area contributed by atoms with E-state index in [1.807, 2.05) is 19.1 Å². The van der Waals surface area contributed by atoms with Gasteiger partial charge in [-0.15, -0.1) is 0 Å². The lowest BCUT2D eigenvalue weighted by Gasteiger charge is -1.84. The molecular weight excluding hydrogens is 140 g/mol. The smallest absolute Gasteiger partial charge is 0.272 e. The lowest BCUT2D eigenvalue weighted by atomic mass is 10.3. The highest BCUT2D eigenvalue weighted by molar-refractivity contribution is 5.78. The van der Waals surface area contributed by atoms with Crippen LogP contribution in [0.1, 0.15) is 5.69 Å². The third kappa shape index (κ3) is 0.852. The van der Waals surface area contributed by atoms with Crippen LogP contribution in [0.3, 0.4) is 0 Å². The summed E-state index contributed by atoms with van der Waals surface area (Å²) in [6, 6.07) is 3.82. The average Bonchev–Trinajstić information content (AvgIpc) is 2.31. The number of nitrogens with one attached hydrogen (secondary N) is 2. The molecule has 0 bridgehead atoms. The Kier molecular flexibility index (Phi) is 1.12. The van der Waals surface area contributed by atoms with Gasteiger partial charge in [-0.25, -0.2) is 0 Å². The van der Waals surface area contributed by atoms with Gasteiger partial charge in [-0.05, 0) is 19.1 Å². The molecule has 3 heteroatoms. The van der Waals surface area contributed by atoms with Crippen LogP contribution in [-0.4, -0.2) is 9.97 Å². The Bertz CT molecular complexity index is 439. The minimum absolute atomic E-state index is 0.0596. The quantitative estimate of drug-likeness (QED) is 0.578. The number of pyridine rings is 1. The van der Waals surface area contributed by atoms with Crippen LogP contribution in [0.25, 0.3) is 10.9 Å². The summed E-state index contributed by atoms with van der Waals surface area (Å²) in [6.07, 6.45) is 1.65. The van der Waals surface area contributed by atoms with Crippen LogP contribution in [0.5, 0.6) is 0 Å². The summed E-state index contributed by atoms with van der Waals surface area (Å²) in [5, 5.41) is 0.964. The van der Waals surface area contributed by atoms with Gasteiger partial charge in [0, 0.05) is 17.3 Å². The van der Waals surface area contributed by atoms with E-state index >= 15 is 0 Å². The highest BCUT2D eigenvalue weighted by Gasteiger charge is 1.98. The van der Waals surface area contributed by atoms with Crippen molar-refractivity contribution in [2.75, 3.05) is 0 Å². The molecule has 2 rings (SSSR count). The number of aromatic amines is 2. The normalized spacial score (nSPS) is 10.6. The SMILES string of the molecule is Cc1cc2cc[nH]c(=O)c2[nH]1. The number of fused-ring (bicyclic) bond motifs is 1. The van der Waals surface area contributed by atoms with Crippen LogP contribution < -0.4 is 5.56 Å². The lowest BCUT2D eigenvalue weighted by molar-refractivity contribution is 1.23. The van der Waals surface area contributed by atoms with E-state index in [9.17, 15) is 4.79 Å². The summed E-state index contributed by atoms with van der Waals surface area (Å²) >= 11 is 0. The summed E-state index contributed by atoms with van der Waals surface area (Å²) in [5.41, 5.74) is 1.61.